The molecular weight excluding hydrogens is 246 g/mol. The summed E-state index contributed by atoms with van der Waals surface area (Å²) < 4.78 is 0. The van der Waals surface area contributed by atoms with Gasteiger partial charge in [-0.3, -0.25) is 4.79 Å². The van der Waals surface area contributed by atoms with Crippen LogP contribution in [0.15, 0.2) is 5.38 Å². The van der Waals surface area contributed by atoms with Crippen LogP contribution in [0.4, 0.5) is 5.13 Å². The van der Waals surface area contributed by atoms with Gasteiger partial charge in [0.15, 0.2) is 5.13 Å². The highest BCUT2D eigenvalue weighted by molar-refractivity contribution is 7.13. The molecule has 0 bridgehead atoms. The Bertz CT molecular complexity index is 418. The first-order chi connectivity index (χ1) is 8.54. The maximum atomic E-state index is 11.9. The molecular formula is C13H21N3OS. The molecule has 1 fully saturated rings. The van der Waals surface area contributed by atoms with E-state index in [-0.39, 0.29) is 5.91 Å². The molecule has 0 spiro atoms. The molecule has 3 atom stereocenters. The monoisotopic (exact) mass is 267 g/mol. The van der Waals surface area contributed by atoms with Crippen molar-refractivity contribution in [3.8, 4) is 0 Å². The summed E-state index contributed by atoms with van der Waals surface area (Å²) in [6.07, 6.45) is 3.73. The summed E-state index contributed by atoms with van der Waals surface area (Å²) >= 11 is 1.38. The minimum Gasteiger partial charge on any atom is -0.375 e. The van der Waals surface area contributed by atoms with Gasteiger partial charge >= 0.3 is 0 Å². The zero-order valence-electron chi connectivity index (χ0n) is 11.0. The number of amides is 1. The van der Waals surface area contributed by atoms with Crippen molar-refractivity contribution in [2.24, 2.45) is 11.8 Å². The largest absolute Gasteiger partial charge is 0.375 e. The van der Waals surface area contributed by atoms with Gasteiger partial charge in [-0.1, -0.05) is 13.8 Å². The normalized spacial score (nSPS) is 28.0. The Morgan fingerprint density at radius 3 is 2.89 bits per heavy atom. The van der Waals surface area contributed by atoms with Gasteiger partial charge in [-0.05, 0) is 31.1 Å². The van der Waals surface area contributed by atoms with Crippen LogP contribution in [0.5, 0.6) is 0 Å². The lowest BCUT2D eigenvalue weighted by Gasteiger charge is -2.32. The van der Waals surface area contributed by atoms with Crippen molar-refractivity contribution in [3.05, 3.63) is 11.1 Å². The molecule has 0 aliphatic heterocycles. The van der Waals surface area contributed by atoms with Gasteiger partial charge in [-0.25, -0.2) is 4.98 Å². The second-order valence-electron chi connectivity index (χ2n) is 5.39. The van der Waals surface area contributed by atoms with Crippen LogP contribution in [0.3, 0.4) is 0 Å². The summed E-state index contributed by atoms with van der Waals surface area (Å²) in [6, 6.07) is 0.333. The van der Waals surface area contributed by atoms with Crippen LogP contribution < -0.4 is 11.1 Å². The van der Waals surface area contributed by atoms with Crippen molar-refractivity contribution in [3.63, 3.8) is 0 Å². The molecule has 1 aliphatic rings. The molecule has 0 saturated heterocycles. The summed E-state index contributed by atoms with van der Waals surface area (Å²) in [7, 11) is 0. The van der Waals surface area contributed by atoms with E-state index in [2.05, 4.69) is 24.1 Å². The first-order valence-corrected chi connectivity index (χ1v) is 7.41. The van der Waals surface area contributed by atoms with Crippen LogP contribution in [0.1, 0.15) is 38.8 Å². The number of anilines is 1. The van der Waals surface area contributed by atoms with Crippen LogP contribution in [-0.4, -0.2) is 16.9 Å². The fourth-order valence-corrected chi connectivity index (χ4v) is 3.09. The van der Waals surface area contributed by atoms with Gasteiger partial charge in [-0.2, -0.15) is 0 Å². The average Bonchev–Trinajstić information content (AvgIpc) is 2.69. The van der Waals surface area contributed by atoms with Crippen molar-refractivity contribution in [2.45, 2.75) is 45.6 Å². The fraction of sp³-hybridized carbons (Fsp3) is 0.692. The number of nitrogens with zero attached hydrogens (tertiary/aromatic N) is 1. The highest BCUT2D eigenvalue weighted by Crippen LogP contribution is 2.29. The van der Waals surface area contributed by atoms with Gasteiger partial charge in [-0.15, -0.1) is 11.3 Å². The molecule has 0 radical (unpaired) electrons. The number of hydrogen-bond acceptors (Lipinski definition) is 4. The van der Waals surface area contributed by atoms with E-state index >= 15 is 0 Å². The standard InChI is InChI=1S/C13H21N3OS/c1-8-3-4-10(5-9(8)2)15-12(17)6-11-7-18-13(14)16-11/h7-10H,3-6H2,1-2H3,(H2,14,16)(H,15,17). The number of thiazole rings is 1. The van der Waals surface area contributed by atoms with Crippen LogP contribution in [0, 0.1) is 11.8 Å². The van der Waals surface area contributed by atoms with Crippen LogP contribution >= 0.6 is 11.3 Å². The SMILES string of the molecule is CC1CCC(NC(=O)Cc2csc(N)n2)CC1C. The Labute approximate surface area is 112 Å². The number of nitrogens with one attached hydrogen (secondary N) is 1. The third-order valence-corrected chi connectivity index (χ3v) is 4.60. The Morgan fingerprint density at radius 2 is 2.28 bits per heavy atom. The number of nitrogens with two attached hydrogens (primary N) is 1. The van der Waals surface area contributed by atoms with E-state index in [4.69, 9.17) is 5.73 Å². The minimum absolute atomic E-state index is 0.0621. The zero-order valence-corrected chi connectivity index (χ0v) is 11.8. The van der Waals surface area contributed by atoms with Crippen LogP contribution in [0.25, 0.3) is 0 Å². The predicted octanol–water partition coefficient (Wildman–Crippen LogP) is 2.21. The summed E-state index contributed by atoms with van der Waals surface area (Å²) in [4.78, 5) is 16.0. The van der Waals surface area contributed by atoms with Gasteiger partial charge in [0, 0.05) is 11.4 Å². The topological polar surface area (TPSA) is 68.0 Å². The van der Waals surface area contributed by atoms with Crippen molar-refractivity contribution >= 4 is 22.4 Å². The summed E-state index contributed by atoms with van der Waals surface area (Å²) in [6.45, 7) is 4.56. The second kappa shape index (κ2) is 5.69. The Hall–Kier alpha value is -1.10. The van der Waals surface area contributed by atoms with E-state index < -0.39 is 0 Å². The molecule has 0 aromatic carbocycles. The first kappa shape index (κ1) is 13.3. The highest BCUT2D eigenvalue weighted by atomic mass is 32.1. The van der Waals surface area contributed by atoms with Gasteiger partial charge in [0.25, 0.3) is 0 Å². The number of hydrogen-bond donors (Lipinski definition) is 2. The van der Waals surface area contributed by atoms with E-state index in [1.807, 2.05) is 5.38 Å². The summed E-state index contributed by atoms with van der Waals surface area (Å²) in [5.41, 5.74) is 6.32. The molecule has 1 aromatic heterocycles. The number of carbonyl (C=O) groups is 1. The molecule has 2 rings (SSSR count). The molecule has 18 heavy (non-hydrogen) atoms. The fourth-order valence-electron chi connectivity index (χ4n) is 2.53. The minimum atomic E-state index is 0.0621. The van der Waals surface area contributed by atoms with Crippen LogP contribution in [-0.2, 0) is 11.2 Å². The Balaban J connectivity index is 1.81. The molecule has 1 saturated carbocycles. The van der Waals surface area contributed by atoms with Gasteiger partial charge in [0.1, 0.15) is 0 Å². The summed E-state index contributed by atoms with van der Waals surface area (Å²) in [5, 5.41) is 5.49. The third-order valence-electron chi connectivity index (χ3n) is 3.87. The third kappa shape index (κ3) is 3.45. The van der Waals surface area contributed by atoms with E-state index in [0.717, 1.165) is 24.5 Å². The van der Waals surface area contributed by atoms with E-state index in [0.29, 0.717) is 23.5 Å². The molecule has 3 unspecified atom stereocenters. The van der Waals surface area contributed by atoms with E-state index in [1.165, 1.54) is 17.8 Å². The number of aromatic nitrogens is 1. The Morgan fingerprint density at radius 1 is 1.50 bits per heavy atom. The molecule has 4 nitrogen and oxygen atoms in total. The zero-order chi connectivity index (χ0) is 13.1. The maximum absolute atomic E-state index is 11.9. The van der Waals surface area contributed by atoms with Crippen molar-refractivity contribution in [2.75, 3.05) is 5.73 Å². The molecule has 5 heteroatoms. The van der Waals surface area contributed by atoms with Crippen molar-refractivity contribution in [1.82, 2.24) is 10.3 Å². The van der Waals surface area contributed by atoms with Crippen LogP contribution in [0.2, 0.25) is 0 Å². The van der Waals surface area contributed by atoms with Gasteiger partial charge < -0.3 is 11.1 Å². The number of nitrogen functional groups attached to an aromatic ring is 1. The molecule has 1 amide bonds. The molecule has 100 valence electrons. The number of carbonyl (C=O) groups excluding carboxylic acids is 1. The first-order valence-electron chi connectivity index (χ1n) is 6.54. The summed E-state index contributed by atoms with van der Waals surface area (Å²) in [5.74, 6) is 1.53. The predicted molar refractivity (Wildman–Crippen MR) is 74.3 cm³/mol. The molecule has 1 aliphatic carbocycles. The Kier molecular flexibility index (Phi) is 4.22. The molecule has 1 aromatic rings. The maximum Gasteiger partial charge on any atom is 0.226 e. The lowest BCUT2D eigenvalue weighted by Crippen LogP contribution is -2.40. The van der Waals surface area contributed by atoms with Gasteiger partial charge in [0.05, 0.1) is 12.1 Å². The quantitative estimate of drug-likeness (QED) is 0.882. The lowest BCUT2D eigenvalue weighted by atomic mass is 9.79. The average molecular weight is 267 g/mol. The van der Waals surface area contributed by atoms with E-state index in [1.54, 1.807) is 0 Å². The molecule has 3 N–H and O–H groups in total. The second-order valence-corrected chi connectivity index (χ2v) is 6.28. The van der Waals surface area contributed by atoms with Crippen molar-refractivity contribution < 1.29 is 4.79 Å². The van der Waals surface area contributed by atoms with Crippen molar-refractivity contribution in [1.29, 1.82) is 0 Å². The molecule has 1 heterocycles. The van der Waals surface area contributed by atoms with Gasteiger partial charge in [0.2, 0.25) is 5.91 Å². The van der Waals surface area contributed by atoms with E-state index in [9.17, 15) is 4.79 Å². The lowest BCUT2D eigenvalue weighted by molar-refractivity contribution is -0.121. The smallest absolute Gasteiger partial charge is 0.226 e. The highest BCUT2D eigenvalue weighted by Gasteiger charge is 2.25. The number of rotatable bonds is 3.